The van der Waals surface area contributed by atoms with Gasteiger partial charge in [-0.3, -0.25) is 9.63 Å². The van der Waals surface area contributed by atoms with Gasteiger partial charge >= 0.3 is 0 Å². The predicted octanol–water partition coefficient (Wildman–Crippen LogP) is 0.00690. The van der Waals surface area contributed by atoms with Crippen LogP contribution in [0.2, 0.25) is 0 Å². The maximum atomic E-state index is 11.1. The fourth-order valence-corrected chi connectivity index (χ4v) is 0.960. The van der Waals surface area contributed by atoms with E-state index in [0.717, 1.165) is 5.56 Å². The van der Waals surface area contributed by atoms with Gasteiger partial charge in [0, 0.05) is 6.42 Å². The molecule has 0 amide bonds. The van der Waals surface area contributed by atoms with Crippen LogP contribution in [0.5, 0.6) is 0 Å². The number of aliphatic hydroxyl groups excluding tert-OH is 1. The molecule has 0 saturated carbocycles. The maximum absolute atomic E-state index is 11.1. The topological polar surface area (TPSA) is 72.6 Å². The van der Waals surface area contributed by atoms with E-state index in [9.17, 15) is 4.79 Å². The molecule has 4 heteroatoms. The van der Waals surface area contributed by atoms with E-state index in [1.54, 1.807) is 12.1 Å². The second-order valence-electron chi connectivity index (χ2n) is 2.62. The Kier molecular flexibility index (Phi) is 3.57. The summed E-state index contributed by atoms with van der Waals surface area (Å²) < 4.78 is 0. The number of Topliss-reactive ketones (excluding diaryl/α,β-unsaturated/α-hetero) is 1. The molecule has 0 radical (unpaired) electrons. The third-order valence-corrected chi connectivity index (χ3v) is 1.63. The second-order valence-corrected chi connectivity index (χ2v) is 2.62. The van der Waals surface area contributed by atoms with Crippen molar-refractivity contribution in [2.24, 2.45) is 5.90 Å². The summed E-state index contributed by atoms with van der Waals surface area (Å²) in [4.78, 5) is 15.1. The molecule has 0 saturated heterocycles. The van der Waals surface area contributed by atoms with Gasteiger partial charge in [0.1, 0.15) is 0 Å². The molecule has 4 nitrogen and oxygen atoms in total. The highest BCUT2D eigenvalue weighted by molar-refractivity contribution is 5.83. The Morgan fingerprint density at radius 2 is 2.08 bits per heavy atom. The third kappa shape index (κ3) is 2.95. The van der Waals surface area contributed by atoms with Gasteiger partial charge in [-0.2, -0.15) is 0 Å². The highest BCUT2D eigenvalue weighted by Crippen LogP contribution is 2.01. The van der Waals surface area contributed by atoms with E-state index in [1.165, 1.54) is 0 Å². The summed E-state index contributed by atoms with van der Waals surface area (Å²) in [5, 5.41) is 8.89. The number of carbonyl (C=O) groups excluding carboxylic acids is 1. The summed E-state index contributed by atoms with van der Waals surface area (Å²) in [6.07, 6.45) is -1.40. The summed E-state index contributed by atoms with van der Waals surface area (Å²) in [7, 11) is 0. The minimum atomic E-state index is -1.53. The van der Waals surface area contributed by atoms with Gasteiger partial charge in [-0.1, -0.05) is 30.3 Å². The first-order valence-corrected chi connectivity index (χ1v) is 3.84. The van der Waals surface area contributed by atoms with Crippen LogP contribution in [0.3, 0.4) is 0 Å². The van der Waals surface area contributed by atoms with Gasteiger partial charge in [0.25, 0.3) is 0 Å². The Morgan fingerprint density at radius 1 is 1.46 bits per heavy atom. The van der Waals surface area contributed by atoms with E-state index < -0.39 is 12.1 Å². The Hall–Kier alpha value is -1.23. The Morgan fingerprint density at radius 3 is 2.62 bits per heavy atom. The van der Waals surface area contributed by atoms with Crippen LogP contribution in [0, 0.1) is 0 Å². The van der Waals surface area contributed by atoms with Crippen molar-refractivity contribution in [1.82, 2.24) is 0 Å². The second kappa shape index (κ2) is 4.71. The summed E-state index contributed by atoms with van der Waals surface area (Å²) in [5.41, 5.74) is 0.823. The first-order chi connectivity index (χ1) is 6.24. The molecule has 1 unspecified atom stereocenters. The number of rotatable bonds is 4. The van der Waals surface area contributed by atoms with Crippen molar-refractivity contribution in [3.8, 4) is 0 Å². The van der Waals surface area contributed by atoms with Crippen molar-refractivity contribution < 1.29 is 14.7 Å². The molecule has 0 spiro atoms. The van der Waals surface area contributed by atoms with E-state index >= 15 is 0 Å². The number of nitrogens with two attached hydrogens (primary N) is 1. The molecule has 1 aromatic carbocycles. The van der Waals surface area contributed by atoms with Crippen LogP contribution < -0.4 is 5.90 Å². The Bertz CT molecular complexity index is 273. The van der Waals surface area contributed by atoms with Gasteiger partial charge in [-0.25, -0.2) is 5.90 Å². The molecule has 0 aliphatic carbocycles. The molecule has 0 aliphatic rings. The van der Waals surface area contributed by atoms with Crippen molar-refractivity contribution in [1.29, 1.82) is 0 Å². The van der Waals surface area contributed by atoms with Crippen LogP contribution in [-0.4, -0.2) is 17.2 Å². The maximum Gasteiger partial charge on any atom is 0.234 e. The van der Waals surface area contributed by atoms with Crippen LogP contribution in [0.4, 0.5) is 0 Å². The van der Waals surface area contributed by atoms with Gasteiger partial charge < -0.3 is 5.11 Å². The molecule has 1 atom stereocenters. The van der Waals surface area contributed by atoms with E-state index in [1.807, 2.05) is 18.2 Å². The molecule has 0 heterocycles. The van der Waals surface area contributed by atoms with Crippen LogP contribution >= 0.6 is 0 Å². The van der Waals surface area contributed by atoms with Crippen molar-refractivity contribution in [3.63, 3.8) is 0 Å². The van der Waals surface area contributed by atoms with Gasteiger partial charge in [0.05, 0.1) is 0 Å². The van der Waals surface area contributed by atoms with Crippen LogP contribution in [0.1, 0.15) is 5.56 Å². The minimum absolute atomic E-state index is 0.124. The molecule has 70 valence electrons. The SMILES string of the molecule is NOC(O)C(=O)Cc1ccccc1. The number of aliphatic hydroxyl groups is 1. The lowest BCUT2D eigenvalue weighted by Gasteiger charge is -2.05. The van der Waals surface area contributed by atoms with Crippen molar-refractivity contribution in [3.05, 3.63) is 35.9 Å². The highest BCUT2D eigenvalue weighted by atomic mass is 16.7. The third-order valence-electron chi connectivity index (χ3n) is 1.63. The van der Waals surface area contributed by atoms with Crippen LogP contribution in [0.15, 0.2) is 30.3 Å². The summed E-state index contributed by atoms with van der Waals surface area (Å²) in [6.45, 7) is 0. The minimum Gasteiger partial charge on any atom is -0.361 e. The fraction of sp³-hybridized carbons (Fsp3) is 0.222. The Labute approximate surface area is 75.9 Å². The summed E-state index contributed by atoms with van der Waals surface area (Å²) in [6, 6.07) is 9.07. The number of ketones is 1. The van der Waals surface area contributed by atoms with Crippen LogP contribution in [0.25, 0.3) is 0 Å². The molecule has 1 aromatic rings. The smallest absolute Gasteiger partial charge is 0.234 e. The predicted molar refractivity (Wildman–Crippen MR) is 46.4 cm³/mol. The van der Waals surface area contributed by atoms with Gasteiger partial charge in [-0.15, -0.1) is 0 Å². The highest BCUT2D eigenvalue weighted by Gasteiger charge is 2.14. The molecular weight excluding hydrogens is 170 g/mol. The Balaban J connectivity index is 2.55. The molecular formula is C9H11NO3. The number of hydrogen-bond donors (Lipinski definition) is 2. The summed E-state index contributed by atoms with van der Waals surface area (Å²) >= 11 is 0. The van der Waals surface area contributed by atoms with Crippen molar-refractivity contribution in [2.45, 2.75) is 12.7 Å². The van der Waals surface area contributed by atoms with Gasteiger partial charge in [0.15, 0.2) is 5.78 Å². The van der Waals surface area contributed by atoms with Crippen molar-refractivity contribution in [2.75, 3.05) is 0 Å². The first kappa shape index (κ1) is 9.85. The largest absolute Gasteiger partial charge is 0.361 e. The molecule has 0 aromatic heterocycles. The molecule has 3 N–H and O–H groups in total. The lowest BCUT2D eigenvalue weighted by atomic mass is 10.1. The molecule has 13 heavy (non-hydrogen) atoms. The average Bonchev–Trinajstić information content (AvgIpc) is 2.18. The van der Waals surface area contributed by atoms with Crippen LogP contribution in [-0.2, 0) is 16.1 Å². The van der Waals surface area contributed by atoms with Crippen molar-refractivity contribution >= 4 is 5.78 Å². The lowest BCUT2D eigenvalue weighted by Crippen LogP contribution is -2.28. The molecule has 0 bridgehead atoms. The molecule has 0 fully saturated rings. The first-order valence-electron chi connectivity index (χ1n) is 3.84. The standard InChI is InChI=1S/C9H11NO3/c10-13-9(12)8(11)6-7-4-2-1-3-5-7/h1-5,9,12H,6,10H2. The average molecular weight is 181 g/mol. The number of carbonyl (C=O) groups is 1. The quantitative estimate of drug-likeness (QED) is 0.507. The zero-order valence-electron chi connectivity index (χ0n) is 7.01. The zero-order chi connectivity index (χ0) is 9.68. The van der Waals surface area contributed by atoms with E-state index in [4.69, 9.17) is 5.11 Å². The normalized spacial score (nSPS) is 12.5. The van der Waals surface area contributed by atoms with E-state index in [0.29, 0.717) is 0 Å². The van der Waals surface area contributed by atoms with Gasteiger partial charge in [-0.05, 0) is 5.56 Å². The molecule has 0 aliphatic heterocycles. The zero-order valence-corrected chi connectivity index (χ0v) is 7.01. The lowest BCUT2D eigenvalue weighted by molar-refractivity contribution is -0.156. The number of hydrogen-bond acceptors (Lipinski definition) is 4. The molecule has 1 rings (SSSR count). The fourth-order valence-electron chi connectivity index (χ4n) is 0.960. The summed E-state index contributed by atoms with van der Waals surface area (Å²) in [5.74, 6) is 4.21. The van der Waals surface area contributed by atoms with E-state index in [2.05, 4.69) is 10.7 Å². The van der Waals surface area contributed by atoms with Gasteiger partial charge in [0.2, 0.25) is 6.29 Å². The van der Waals surface area contributed by atoms with E-state index in [-0.39, 0.29) is 6.42 Å². The number of benzene rings is 1. The monoisotopic (exact) mass is 181 g/mol.